The number of aliphatic hydroxyl groups is 1. The van der Waals surface area contributed by atoms with Crippen LogP contribution < -0.4 is 15.8 Å². The van der Waals surface area contributed by atoms with Gasteiger partial charge in [-0.3, -0.25) is 4.79 Å². The van der Waals surface area contributed by atoms with Crippen LogP contribution in [-0.2, 0) is 9.53 Å². The van der Waals surface area contributed by atoms with E-state index in [0.29, 0.717) is 24.4 Å². The number of nitrogens with one attached hydrogen (secondary N) is 1. The van der Waals surface area contributed by atoms with Gasteiger partial charge in [-0.1, -0.05) is 0 Å². The first-order valence-corrected chi connectivity index (χ1v) is 6.04. The van der Waals surface area contributed by atoms with Crippen molar-refractivity contribution >= 4 is 11.6 Å². The number of methoxy groups -OCH3 is 1. The summed E-state index contributed by atoms with van der Waals surface area (Å²) in [7, 11) is 1.52. The Balaban J connectivity index is 2.16. The number of hydrogen-bond donors (Lipinski definition) is 3. The van der Waals surface area contributed by atoms with E-state index in [-0.39, 0.29) is 19.1 Å². The molecule has 1 rings (SSSR count). The maximum atomic E-state index is 11.4. The molecule has 0 aliphatic heterocycles. The van der Waals surface area contributed by atoms with Crippen LogP contribution in [0.25, 0.3) is 0 Å². The van der Waals surface area contributed by atoms with E-state index < -0.39 is 6.10 Å². The van der Waals surface area contributed by atoms with Crippen molar-refractivity contribution in [3.8, 4) is 5.75 Å². The average molecular weight is 268 g/mol. The number of benzene rings is 1. The third-order valence-electron chi connectivity index (χ3n) is 2.41. The Bertz CT molecular complexity index is 381. The fourth-order valence-electron chi connectivity index (χ4n) is 1.42. The monoisotopic (exact) mass is 268 g/mol. The van der Waals surface area contributed by atoms with Crippen LogP contribution in [0, 0.1) is 0 Å². The first-order chi connectivity index (χ1) is 9.11. The van der Waals surface area contributed by atoms with Crippen molar-refractivity contribution in [2.24, 2.45) is 0 Å². The zero-order valence-electron chi connectivity index (χ0n) is 11.0. The molecule has 1 atom stereocenters. The molecular formula is C13H20N2O4. The molecule has 1 unspecified atom stereocenters. The lowest BCUT2D eigenvalue weighted by molar-refractivity contribution is -0.123. The number of anilines is 1. The van der Waals surface area contributed by atoms with Crippen molar-refractivity contribution in [2.45, 2.75) is 12.5 Å². The fourth-order valence-corrected chi connectivity index (χ4v) is 1.42. The second kappa shape index (κ2) is 8.34. The third kappa shape index (κ3) is 6.64. The maximum Gasteiger partial charge on any atom is 0.257 e. The second-order valence-corrected chi connectivity index (χ2v) is 4.11. The van der Waals surface area contributed by atoms with Crippen molar-refractivity contribution in [2.75, 3.05) is 32.6 Å². The van der Waals surface area contributed by atoms with Gasteiger partial charge in [-0.2, -0.15) is 0 Å². The number of carbonyl (C=O) groups is 1. The molecule has 1 aromatic carbocycles. The van der Waals surface area contributed by atoms with Crippen molar-refractivity contribution in [1.29, 1.82) is 0 Å². The highest BCUT2D eigenvalue weighted by molar-refractivity contribution is 5.77. The van der Waals surface area contributed by atoms with Crippen LogP contribution in [0.3, 0.4) is 0 Å². The van der Waals surface area contributed by atoms with E-state index in [1.165, 1.54) is 7.11 Å². The van der Waals surface area contributed by atoms with Crippen molar-refractivity contribution in [3.05, 3.63) is 24.3 Å². The molecule has 1 aromatic rings. The van der Waals surface area contributed by atoms with Gasteiger partial charge >= 0.3 is 0 Å². The first-order valence-electron chi connectivity index (χ1n) is 6.04. The zero-order chi connectivity index (χ0) is 14.1. The van der Waals surface area contributed by atoms with Gasteiger partial charge in [0.15, 0.2) is 6.61 Å². The molecule has 4 N–H and O–H groups in total. The number of aliphatic hydroxyl groups excluding tert-OH is 1. The van der Waals surface area contributed by atoms with Crippen molar-refractivity contribution in [1.82, 2.24) is 5.32 Å². The molecule has 0 saturated heterocycles. The lowest BCUT2D eigenvalue weighted by Gasteiger charge is -2.10. The first kappa shape index (κ1) is 15.3. The Labute approximate surface area is 112 Å². The average Bonchev–Trinajstić information content (AvgIpc) is 2.38. The molecule has 1 amide bonds. The summed E-state index contributed by atoms with van der Waals surface area (Å²) in [6, 6.07) is 6.80. The summed E-state index contributed by atoms with van der Waals surface area (Å²) in [6.07, 6.45) is -0.120. The predicted octanol–water partition coefficient (Wildman–Crippen LogP) is 0.161. The van der Waals surface area contributed by atoms with Gasteiger partial charge in [-0.05, 0) is 30.7 Å². The number of amides is 1. The van der Waals surface area contributed by atoms with E-state index in [1.54, 1.807) is 24.3 Å². The smallest absolute Gasteiger partial charge is 0.257 e. The lowest BCUT2D eigenvalue weighted by Crippen LogP contribution is -2.32. The Hall–Kier alpha value is -1.79. The van der Waals surface area contributed by atoms with E-state index in [2.05, 4.69) is 5.32 Å². The summed E-state index contributed by atoms with van der Waals surface area (Å²) in [5.41, 5.74) is 6.18. The molecule has 0 aliphatic rings. The van der Waals surface area contributed by atoms with Gasteiger partial charge in [0.25, 0.3) is 5.91 Å². The van der Waals surface area contributed by atoms with Gasteiger partial charge in [0.2, 0.25) is 0 Å². The van der Waals surface area contributed by atoms with Crippen LogP contribution in [-0.4, -0.2) is 44.0 Å². The van der Waals surface area contributed by atoms with Crippen LogP contribution in [0.4, 0.5) is 5.69 Å². The second-order valence-electron chi connectivity index (χ2n) is 4.11. The highest BCUT2D eigenvalue weighted by atomic mass is 16.5. The lowest BCUT2D eigenvalue weighted by atomic mass is 10.2. The fraction of sp³-hybridized carbons (Fsp3) is 0.462. The van der Waals surface area contributed by atoms with E-state index in [4.69, 9.17) is 15.2 Å². The molecule has 6 heteroatoms. The quantitative estimate of drug-likeness (QED) is 0.584. The van der Waals surface area contributed by atoms with Gasteiger partial charge in [0.05, 0.1) is 12.7 Å². The topological polar surface area (TPSA) is 93.8 Å². The number of rotatable bonds is 8. The van der Waals surface area contributed by atoms with Crippen LogP contribution in [0.15, 0.2) is 24.3 Å². The normalized spacial score (nSPS) is 11.9. The standard InChI is InChI=1S/C13H20N2O4/c1-18-8-11(16)6-7-15-13(17)9-19-12-4-2-10(14)3-5-12/h2-5,11,16H,6-9,14H2,1H3,(H,15,17). The van der Waals surface area contributed by atoms with Crippen LogP contribution in [0.1, 0.15) is 6.42 Å². The minimum atomic E-state index is -0.566. The summed E-state index contributed by atoms with van der Waals surface area (Å²) < 4.78 is 10.1. The molecule has 0 radical (unpaired) electrons. The number of ether oxygens (including phenoxy) is 2. The van der Waals surface area contributed by atoms with Gasteiger partial charge in [-0.25, -0.2) is 0 Å². The molecule has 0 spiro atoms. The number of nitrogens with two attached hydrogens (primary N) is 1. The Morgan fingerprint density at radius 1 is 1.42 bits per heavy atom. The predicted molar refractivity (Wildman–Crippen MR) is 71.9 cm³/mol. The molecule has 0 aliphatic carbocycles. The van der Waals surface area contributed by atoms with Crippen molar-refractivity contribution in [3.63, 3.8) is 0 Å². The molecule has 0 saturated carbocycles. The summed E-state index contributed by atoms with van der Waals surface area (Å²) in [5.74, 6) is 0.352. The summed E-state index contributed by atoms with van der Waals surface area (Å²) in [4.78, 5) is 11.4. The zero-order valence-corrected chi connectivity index (χ0v) is 11.0. The highest BCUT2D eigenvalue weighted by Gasteiger charge is 2.06. The molecule has 0 heterocycles. The van der Waals surface area contributed by atoms with Gasteiger partial charge in [0.1, 0.15) is 5.75 Å². The third-order valence-corrected chi connectivity index (χ3v) is 2.41. The Kier molecular flexibility index (Phi) is 6.70. The van der Waals surface area contributed by atoms with Gasteiger partial charge < -0.3 is 25.6 Å². The SMILES string of the molecule is COCC(O)CCNC(=O)COc1ccc(N)cc1. The van der Waals surface area contributed by atoms with E-state index >= 15 is 0 Å². The number of nitrogen functional groups attached to an aromatic ring is 1. The summed E-state index contributed by atoms with van der Waals surface area (Å²) in [6.45, 7) is 0.580. The largest absolute Gasteiger partial charge is 0.484 e. The summed E-state index contributed by atoms with van der Waals surface area (Å²) in [5, 5.41) is 12.0. The minimum Gasteiger partial charge on any atom is -0.484 e. The molecule has 0 aromatic heterocycles. The van der Waals surface area contributed by atoms with E-state index in [1.807, 2.05) is 0 Å². The molecule has 106 valence electrons. The molecule has 0 bridgehead atoms. The van der Waals surface area contributed by atoms with Crippen LogP contribution in [0.5, 0.6) is 5.75 Å². The van der Waals surface area contributed by atoms with Gasteiger partial charge in [0, 0.05) is 19.3 Å². The molecule has 6 nitrogen and oxygen atoms in total. The minimum absolute atomic E-state index is 0.0652. The molecule has 19 heavy (non-hydrogen) atoms. The van der Waals surface area contributed by atoms with E-state index in [0.717, 1.165) is 0 Å². The van der Waals surface area contributed by atoms with Crippen LogP contribution in [0.2, 0.25) is 0 Å². The Morgan fingerprint density at radius 3 is 2.74 bits per heavy atom. The van der Waals surface area contributed by atoms with E-state index in [9.17, 15) is 9.90 Å². The molecular weight excluding hydrogens is 248 g/mol. The summed E-state index contributed by atoms with van der Waals surface area (Å²) >= 11 is 0. The highest BCUT2D eigenvalue weighted by Crippen LogP contribution is 2.12. The molecule has 0 fully saturated rings. The van der Waals surface area contributed by atoms with Gasteiger partial charge in [-0.15, -0.1) is 0 Å². The number of hydrogen-bond acceptors (Lipinski definition) is 5. The van der Waals surface area contributed by atoms with Crippen molar-refractivity contribution < 1.29 is 19.4 Å². The van der Waals surface area contributed by atoms with Crippen LogP contribution >= 0.6 is 0 Å². The number of carbonyl (C=O) groups excluding carboxylic acids is 1. The maximum absolute atomic E-state index is 11.4. The Morgan fingerprint density at radius 2 is 2.11 bits per heavy atom.